The monoisotopic (exact) mass is 270 g/mol. The van der Waals surface area contributed by atoms with E-state index in [9.17, 15) is 0 Å². The summed E-state index contributed by atoms with van der Waals surface area (Å²) in [5, 5.41) is 8.45. The lowest BCUT2D eigenvalue weighted by Crippen LogP contribution is -1.80. The summed E-state index contributed by atoms with van der Waals surface area (Å²) in [6.07, 6.45) is 7.80. The molecular formula is C9H10N4S3. The van der Waals surface area contributed by atoms with Gasteiger partial charge in [0.2, 0.25) is 0 Å². The average molecular weight is 270 g/mol. The van der Waals surface area contributed by atoms with Crippen LogP contribution in [0.4, 0.5) is 0 Å². The van der Waals surface area contributed by atoms with E-state index in [4.69, 9.17) is 5.41 Å². The Bertz CT molecular complexity index is 378. The summed E-state index contributed by atoms with van der Waals surface area (Å²) in [6.45, 7) is 1.92. The second-order valence-corrected chi connectivity index (χ2v) is 6.48. The molecule has 0 aliphatic heterocycles. The van der Waals surface area contributed by atoms with Crippen LogP contribution in [0.15, 0.2) is 40.9 Å². The highest BCUT2D eigenvalue weighted by molar-refractivity contribution is 9.12. The van der Waals surface area contributed by atoms with E-state index in [1.807, 2.05) is 6.92 Å². The molecule has 0 saturated heterocycles. The quantitative estimate of drug-likeness (QED) is 0.384. The van der Waals surface area contributed by atoms with E-state index in [2.05, 4.69) is 15.0 Å². The zero-order chi connectivity index (χ0) is 11.6. The molecule has 0 spiro atoms. The maximum absolute atomic E-state index is 6.78. The fraction of sp³-hybridized carbons (Fsp3) is 0.111. The number of hydrogen-bond acceptors (Lipinski definition) is 7. The minimum Gasteiger partial charge on any atom is -0.309 e. The van der Waals surface area contributed by atoms with E-state index < -0.39 is 0 Å². The lowest BCUT2D eigenvalue weighted by molar-refractivity contribution is 0.973. The van der Waals surface area contributed by atoms with Crippen molar-refractivity contribution in [1.82, 2.24) is 9.97 Å². The molecule has 0 bridgehead atoms. The summed E-state index contributed by atoms with van der Waals surface area (Å²) in [6, 6.07) is 1.79. The number of hydrogen-bond donors (Lipinski definition) is 1. The maximum atomic E-state index is 6.78. The Balaban J connectivity index is 2.28. The molecule has 0 unspecified atom stereocenters. The largest absolute Gasteiger partial charge is 0.309 e. The summed E-state index contributed by atoms with van der Waals surface area (Å²) in [7, 11) is 4.60. The molecule has 0 saturated carbocycles. The molecule has 1 aromatic heterocycles. The Morgan fingerprint density at radius 2 is 2.19 bits per heavy atom. The molecule has 16 heavy (non-hydrogen) atoms. The Hall–Kier alpha value is -0.790. The van der Waals surface area contributed by atoms with Crippen LogP contribution in [0.2, 0.25) is 0 Å². The molecule has 1 heterocycles. The molecule has 0 aliphatic rings. The number of nitrogens with zero attached hydrogens (tertiary/aromatic N) is 3. The number of rotatable bonds is 5. The van der Waals surface area contributed by atoms with Crippen molar-refractivity contribution in [3.8, 4) is 0 Å². The standard InChI is InChI=1S/C9H10N4S3/c1-8(11-5-2-4-10)14-16-15-9-12-6-3-7-13-9/h2-7,10H,1H3/b5-2-,10-4?,11-8+. The molecule has 0 aromatic carbocycles. The second-order valence-electron chi connectivity index (χ2n) is 2.42. The summed E-state index contributed by atoms with van der Waals surface area (Å²) in [5.41, 5.74) is 0. The predicted octanol–water partition coefficient (Wildman–Crippen LogP) is 3.45. The van der Waals surface area contributed by atoms with Gasteiger partial charge in [-0.3, -0.25) is 4.99 Å². The molecular weight excluding hydrogens is 260 g/mol. The first-order valence-electron chi connectivity index (χ1n) is 4.31. The highest BCUT2D eigenvalue weighted by atomic mass is 33.5. The first kappa shape index (κ1) is 13.3. The van der Waals surface area contributed by atoms with Gasteiger partial charge in [0.05, 0.1) is 5.04 Å². The van der Waals surface area contributed by atoms with Crippen LogP contribution in [0.3, 0.4) is 0 Å². The van der Waals surface area contributed by atoms with Gasteiger partial charge in [-0.05, 0) is 50.5 Å². The molecule has 84 valence electrons. The molecule has 1 aromatic rings. The van der Waals surface area contributed by atoms with Crippen LogP contribution in [0, 0.1) is 5.41 Å². The Kier molecular flexibility index (Phi) is 6.95. The Labute approximate surface area is 106 Å². The van der Waals surface area contributed by atoms with Crippen LogP contribution in [0.25, 0.3) is 0 Å². The van der Waals surface area contributed by atoms with Crippen molar-refractivity contribution in [2.75, 3.05) is 0 Å². The van der Waals surface area contributed by atoms with E-state index in [-0.39, 0.29) is 0 Å². The SMILES string of the molecule is C/C(=N\C=C/C=N)SSSc1ncccn1. The van der Waals surface area contributed by atoms with E-state index in [0.29, 0.717) is 0 Å². The van der Waals surface area contributed by atoms with Crippen molar-refractivity contribution in [1.29, 1.82) is 5.41 Å². The van der Waals surface area contributed by atoms with Gasteiger partial charge >= 0.3 is 0 Å². The Morgan fingerprint density at radius 3 is 2.88 bits per heavy atom. The van der Waals surface area contributed by atoms with Crippen molar-refractivity contribution in [3.63, 3.8) is 0 Å². The van der Waals surface area contributed by atoms with Crippen LogP contribution >= 0.6 is 31.4 Å². The van der Waals surface area contributed by atoms with Gasteiger partial charge < -0.3 is 5.41 Å². The summed E-state index contributed by atoms with van der Waals surface area (Å²) < 4.78 is 0. The van der Waals surface area contributed by atoms with Gasteiger partial charge in [-0.1, -0.05) is 0 Å². The maximum Gasteiger partial charge on any atom is 0.199 e. The Morgan fingerprint density at radius 1 is 1.44 bits per heavy atom. The lowest BCUT2D eigenvalue weighted by Gasteiger charge is -1.97. The van der Waals surface area contributed by atoms with Crippen LogP contribution in [0.1, 0.15) is 6.92 Å². The molecule has 1 rings (SSSR count). The fourth-order valence-electron chi connectivity index (χ4n) is 0.638. The molecule has 0 radical (unpaired) electrons. The normalized spacial score (nSPS) is 11.9. The van der Waals surface area contributed by atoms with Crippen molar-refractivity contribution < 1.29 is 0 Å². The fourth-order valence-corrected chi connectivity index (χ4v) is 3.85. The molecule has 0 aliphatic carbocycles. The van der Waals surface area contributed by atoms with E-state index in [1.54, 1.807) is 51.4 Å². The number of allylic oxidation sites excluding steroid dienone is 1. The van der Waals surface area contributed by atoms with E-state index in [1.165, 1.54) is 17.0 Å². The molecule has 4 nitrogen and oxygen atoms in total. The topological polar surface area (TPSA) is 62.0 Å². The third kappa shape index (κ3) is 5.94. The van der Waals surface area contributed by atoms with Crippen molar-refractivity contribution in [3.05, 3.63) is 30.7 Å². The zero-order valence-electron chi connectivity index (χ0n) is 8.53. The number of nitrogens with one attached hydrogen (secondary N) is 1. The molecule has 0 atom stereocenters. The van der Waals surface area contributed by atoms with Gasteiger partial charge in [0.1, 0.15) is 0 Å². The van der Waals surface area contributed by atoms with Gasteiger partial charge in [-0.15, -0.1) is 0 Å². The summed E-state index contributed by atoms with van der Waals surface area (Å²) >= 11 is 0. The molecule has 7 heteroatoms. The summed E-state index contributed by atoms with van der Waals surface area (Å²) in [4.78, 5) is 12.3. The number of aromatic nitrogens is 2. The highest BCUT2D eigenvalue weighted by Gasteiger charge is 1.98. The van der Waals surface area contributed by atoms with E-state index in [0.717, 1.165) is 10.2 Å². The van der Waals surface area contributed by atoms with Crippen LogP contribution in [0.5, 0.6) is 0 Å². The molecule has 1 N–H and O–H groups in total. The van der Waals surface area contributed by atoms with Gasteiger partial charge in [0.25, 0.3) is 0 Å². The lowest BCUT2D eigenvalue weighted by atomic mass is 10.7. The zero-order valence-corrected chi connectivity index (χ0v) is 11.0. The second kappa shape index (κ2) is 8.37. The first-order valence-corrected chi connectivity index (χ1v) is 7.79. The third-order valence-electron chi connectivity index (χ3n) is 1.24. The predicted molar refractivity (Wildman–Crippen MR) is 74.1 cm³/mol. The van der Waals surface area contributed by atoms with Gasteiger partial charge in [-0.25, -0.2) is 9.97 Å². The summed E-state index contributed by atoms with van der Waals surface area (Å²) in [5.74, 6) is 0. The van der Waals surface area contributed by atoms with Crippen molar-refractivity contribution in [2.45, 2.75) is 12.1 Å². The van der Waals surface area contributed by atoms with Gasteiger partial charge in [0, 0.05) is 24.8 Å². The molecule has 0 fully saturated rings. The van der Waals surface area contributed by atoms with Crippen molar-refractivity contribution in [2.24, 2.45) is 4.99 Å². The average Bonchev–Trinajstić information content (AvgIpc) is 2.31. The van der Waals surface area contributed by atoms with Gasteiger partial charge in [-0.2, -0.15) is 0 Å². The minimum absolute atomic E-state index is 0.739. The van der Waals surface area contributed by atoms with Gasteiger partial charge in [0.15, 0.2) is 5.16 Å². The van der Waals surface area contributed by atoms with Crippen LogP contribution < -0.4 is 0 Å². The van der Waals surface area contributed by atoms with Crippen molar-refractivity contribution >= 4 is 42.7 Å². The first-order chi connectivity index (χ1) is 7.83. The highest BCUT2D eigenvalue weighted by Crippen LogP contribution is 2.38. The minimum atomic E-state index is 0.739. The van der Waals surface area contributed by atoms with Crippen LogP contribution in [-0.2, 0) is 0 Å². The number of aliphatic imine (C=N–C) groups is 1. The van der Waals surface area contributed by atoms with E-state index >= 15 is 0 Å². The smallest absolute Gasteiger partial charge is 0.199 e. The van der Waals surface area contributed by atoms with Crippen LogP contribution in [-0.4, -0.2) is 21.2 Å². The molecule has 0 amide bonds. The third-order valence-corrected chi connectivity index (χ3v) is 4.89.